The van der Waals surface area contributed by atoms with Gasteiger partial charge in [-0.25, -0.2) is 0 Å². The van der Waals surface area contributed by atoms with E-state index in [0.29, 0.717) is 16.9 Å². The maximum atomic E-state index is 13.1. The van der Waals surface area contributed by atoms with Crippen LogP contribution in [0.2, 0.25) is 0 Å². The van der Waals surface area contributed by atoms with E-state index in [1.807, 2.05) is 36.4 Å². The average Bonchev–Trinajstić information content (AvgIpc) is 3.38. The van der Waals surface area contributed by atoms with Gasteiger partial charge in [-0.05, 0) is 43.2 Å². The lowest BCUT2D eigenvalue weighted by Gasteiger charge is -2.18. The van der Waals surface area contributed by atoms with Gasteiger partial charge in [-0.15, -0.1) is 6.58 Å². The molecular formula is C24H25N3O3. The fourth-order valence-electron chi connectivity index (χ4n) is 3.96. The van der Waals surface area contributed by atoms with Crippen LogP contribution in [0.15, 0.2) is 66.9 Å². The van der Waals surface area contributed by atoms with Crippen molar-refractivity contribution in [2.45, 2.75) is 12.8 Å². The lowest BCUT2D eigenvalue weighted by atomic mass is 10.0. The molecule has 0 aromatic heterocycles. The first-order valence-corrected chi connectivity index (χ1v) is 10.1. The van der Waals surface area contributed by atoms with Gasteiger partial charge in [0.1, 0.15) is 11.4 Å². The maximum absolute atomic E-state index is 13.1. The van der Waals surface area contributed by atoms with Gasteiger partial charge in [0, 0.05) is 36.6 Å². The van der Waals surface area contributed by atoms with Gasteiger partial charge in [-0.1, -0.05) is 24.3 Å². The average molecular weight is 403 g/mol. The number of benzene rings is 2. The van der Waals surface area contributed by atoms with E-state index >= 15 is 0 Å². The Labute approximate surface area is 176 Å². The fourth-order valence-corrected chi connectivity index (χ4v) is 3.96. The van der Waals surface area contributed by atoms with E-state index in [2.05, 4.69) is 16.8 Å². The van der Waals surface area contributed by atoms with Crippen LogP contribution in [0.1, 0.15) is 18.4 Å². The highest BCUT2D eigenvalue weighted by atomic mass is 16.5. The van der Waals surface area contributed by atoms with Crippen LogP contribution in [-0.4, -0.2) is 43.5 Å². The molecule has 0 radical (unpaired) electrons. The summed E-state index contributed by atoms with van der Waals surface area (Å²) < 4.78 is 5.44. The predicted molar refractivity (Wildman–Crippen MR) is 118 cm³/mol. The molecule has 1 N–H and O–H groups in total. The van der Waals surface area contributed by atoms with E-state index in [1.165, 1.54) is 23.4 Å². The second-order valence-electron chi connectivity index (χ2n) is 7.33. The minimum Gasteiger partial charge on any atom is -0.496 e. The van der Waals surface area contributed by atoms with Crippen LogP contribution >= 0.6 is 0 Å². The smallest absolute Gasteiger partial charge is 0.278 e. The zero-order chi connectivity index (χ0) is 21.1. The van der Waals surface area contributed by atoms with Crippen molar-refractivity contribution in [3.63, 3.8) is 0 Å². The molecule has 154 valence electrons. The first-order chi connectivity index (χ1) is 14.6. The number of ether oxygens (including phenoxy) is 1. The zero-order valence-corrected chi connectivity index (χ0v) is 17.1. The first kappa shape index (κ1) is 19.8. The highest BCUT2D eigenvalue weighted by molar-refractivity contribution is 6.37. The molecule has 6 heteroatoms. The third kappa shape index (κ3) is 3.56. The number of imide groups is 1. The Hall–Kier alpha value is -3.54. The molecule has 2 heterocycles. The molecule has 2 aliphatic rings. The van der Waals surface area contributed by atoms with E-state index in [0.717, 1.165) is 18.8 Å². The number of para-hydroxylation sites is 1. The first-order valence-electron chi connectivity index (χ1n) is 10.1. The normalized spacial score (nSPS) is 16.4. The van der Waals surface area contributed by atoms with Crippen LogP contribution < -0.4 is 15.0 Å². The Morgan fingerprint density at radius 2 is 1.73 bits per heavy atom. The quantitative estimate of drug-likeness (QED) is 0.565. The molecule has 0 bridgehead atoms. The fraction of sp³-hybridized carbons (Fsp3) is 0.250. The van der Waals surface area contributed by atoms with Crippen molar-refractivity contribution in [3.05, 3.63) is 72.4 Å². The van der Waals surface area contributed by atoms with Gasteiger partial charge in [0.05, 0.1) is 12.7 Å². The third-order valence-electron chi connectivity index (χ3n) is 5.46. The van der Waals surface area contributed by atoms with Crippen molar-refractivity contribution >= 4 is 28.8 Å². The van der Waals surface area contributed by atoms with Crippen molar-refractivity contribution in [2.75, 3.05) is 37.0 Å². The molecule has 0 aliphatic carbocycles. The number of carbonyl (C=O) groups is 2. The van der Waals surface area contributed by atoms with Gasteiger partial charge < -0.3 is 15.0 Å². The summed E-state index contributed by atoms with van der Waals surface area (Å²) in [6.07, 6.45) is 3.97. The second kappa shape index (κ2) is 8.45. The summed E-state index contributed by atoms with van der Waals surface area (Å²) in [7, 11) is 1.55. The van der Waals surface area contributed by atoms with E-state index in [-0.39, 0.29) is 24.1 Å². The monoisotopic (exact) mass is 403 g/mol. The van der Waals surface area contributed by atoms with Crippen LogP contribution in [0.25, 0.3) is 5.57 Å². The summed E-state index contributed by atoms with van der Waals surface area (Å²) in [5.41, 5.74) is 3.06. The number of amides is 2. The Kier molecular flexibility index (Phi) is 5.57. The summed E-state index contributed by atoms with van der Waals surface area (Å²) >= 11 is 0. The van der Waals surface area contributed by atoms with Crippen molar-refractivity contribution in [2.24, 2.45) is 0 Å². The van der Waals surface area contributed by atoms with Crippen LogP contribution in [0, 0.1) is 0 Å². The lowest BCUT2D eigenvalue weighted by Crippen LogP contribution is -2.32. The van der Waals surface area contributed by atoms with Crippen LogP contribution in [0.4, 0.5) is 11.4 Å². The standard InChI is InChI=1S/C24H25N3O3/c1-3-14-27-23(28)21(19-8-4-5-9-20(19)30-2)22(24(27)29)25-17-10-12-18(13-11-17)26-15-6-7-16-26/h3-5,8-13,25H,1,6-7,14-16H2,2H3. The molecule has 6 nitrogen and oxygen atoms in total. The Bertz CT molecular complexity index is 1000. The largest absolute Gasteiger partial charge is 0.496 e. The molecule has 0 saturated carbocycles. The Balaban J connectivity index is 1.71. The topological polar surface area (TPSA) is 61.9 Å². The molecule has 1 fully saturated rings. The molecule has 0 spiro atoms. The molecule has 2 aromatic rings. The van der Waals surface area contributed by atoms with Crippen molar-refractivity contribution in [3.8, 4) is 5.75 Å². The lowest BCUT2D eigenvalue weighted by molar-refractivity contribution is -0.136. The number of hydrogen-bond donors (Lipinski definition) is 1. The van der Waals surface area contributed by atoms with Gasteiger partial charge >= 0.3 is 0 Å². The van der Waals surface area contributed by atoms with Crippen LogP contribution in [0.5, 0.6) is 5.75 Å². The number of anilines is 2. The molecule has 2 aliphatic heterocycles. The molecule has 0 unspecified atom stereocenters. The molecule has 4 rings (SSSR count). The van der Waals surface area contributed by atoms with Gasteiger partial charge in [0.2, 0.25) is 0 Å². The number of nitrogens with one attached hydrogen (secondary N) is 1. The van der Waals surface area contributed by atoms with Gasteiger partial charge in [-0.3, -0.25) is 14.5 Å². The summed E-state index contributed by atoms with van der Waals surface area (Å²) in [5.74, 6) is -0.192. The number of methoxy groups -OCH3 is 1. The van der Waals surface area contributed by atoms with Crippen LogP contribution in [-0.2, 0) is 9.59 Å². The summed E-state index contributed by atoms with van der Waals surface area (Å²) in [6, 6.07) is 15.2. The number of carbonyl (C=O) groups excluding carboxylic acids is 2. The summed E-state index contributed by atoms with van der Waals surface area (Å²) in [5, 5.41) is 3.19. The van der Waals surface area contributed by atoms with Crippen LogP contribution in [0.3, 0.4) is 0 Å². The SMILES string of the molecule is C=CCN1C(=O)C(Nc2ccc(N3CCCC3)cc2)=C(c2ccccc2OC)C1=O. The van der Waals surface area contributed by atoms with Crippen molar-refractivity contribution in [1.82, 2.24) is 4.90 Å². The second-order valence-corrected chi connectivity index (χ2v) is 7.33. The van der Waals surface area contributed by atoms with Crippen molar-refractivity contribution < 1.29 is 14.3 Å². The molecule has 2 aromatic carbocycles. The molecule has 0 atom stereocenters. The maximum Gasteiger partial charge on any atom is 0.278 e. The Morgan fingerprint density at radius 3 is 2.40 bits per heavy atom. The highest BCUT2D eigenvalue weighted by Gasteiger charge is 2.39. The number of hydrogen-bond acceptors (Lipinski definition) is 5. The minimum atomic E-state index is -0.371. The Morgan fingerprint density at radius 1 is 1.03 bits per heavy atom. The summed E-state index contributed by atoms with van der Waals surface area (Å²) in [6.45, 7) is 5.95. The summed E-state index contributed by atoms with van der Waals surface area (Å²) in [4.78, 5) is 29.7. The van der Waals surface area contributed by atoms with Crippen molar-refractivity contribution in [1.29, 1.82) is 0 Å². The van der Waals surface area contributed by atoms with E-state index < -0.39 is 0 Å². The van der Waals surface area contributed by atoms with Gasteiger partial charge in [0.25, 0.3) is 11.8 Å². The van der Waals surface area contributed by atoms with E-state index in [1.54, 1.807) is 25.3 Å². The number of rotatable bonds is 7. The third-order valence-corrected chi connectivity index (χ3v) is 5.46. The predicted octanol–water partition coefficient (Wildman–Crippen LogP) is 3.67. The molecule has 1 saturated heterocycles. The van der Waals surface area contributed by atoms with E-state index in [9.17, 15) is 9.59 Å². The van der Waals surface area contributed by atoms with E-state index in [4.69, 9.17) is 4.74 Å². The van der Waals surface area contributed by atoms with Gasteiger partial charge in [0.15, 0.2) is 0 Å². The molecule has 2 amide bonds. The van der Waals surface area contributed by atoms with Gasteiger partial charge in [-0.2, -0.15) is 0 Å². The zero-order valence-electron chi connectivity index (χ0n) is 17.1. The highest BCUT2D eigenvalue weighted by Crippen LogP contribution is 2.35. The molecule has 30 heavy (non-hydrogen) atoms. The molecular weight excluding hydrogens is 378 g/mol. The number of nitrogens with zero attached hydrogens (tertiary/aromatic N) is 2. The minimum absolute atomic E-state index is 0.148.